The van der Waals surface area contributed by atoms with Gasteiger partial charge >= 0.3 is 6.18 Å². The van der Waals surface area contributed by atoms with Crippen LogP contribution in [0.4, 0.5) is 17.6 Å². The van der Waals surface area contributed by atoms with E-state index in [0.29, 0.717) is 6.07 Å². The van der Waals surface area contributed by atoms with E-state index in [4.69, 9.17) is 5.73 Å². The molecule has 3 N–H and O–H groups in total. The van der Waals surface area contributed by atoms with E-state index in [1.165, 1.54) is 0 Å². The fourth-order valence-electron chi connectivity index (χ4n) is 1.62. The summed E-state index contributed by atoms with van der Waals surface area (Å²) in [4.78, 5) is 0. The van der Waals surface area contributed by atoms with E-state index in [1.807, 2.05) is 0 Å². The third-order valence-corrected chi connectivity index (χ3v) is 2.74. The lowest BCUT2D eigenvalue weighted by Gasteiger charge is -2.23. The molecule has 1 rings (SSSR count). The van der Waals surface area contributed by atoms with Crippen LogP contribution >= 0.6 is 12.4 Å². The molecule has 110 valence electrons. The van der Waals surface area contributed by atoms with E-state index in [1.54, 1.807) is 13.8 Å². The summed E-state index contributed by atoms with van der Waals surface area (Å²) in [5.41, 5.74) is 3.90. The van der Waals surface area contributed by atoms with Gasteiger partial charge in [-0.2, -0.15) is 13.2 Å². The summed E-state index contributed by atoms with van der Waals surface area (Å²) in [6.45, 7) is 3.30. The normalized spacial score (nSPS) is 15.0. The van der Waals surface area contributed by atoms with Crippen molar-refractivity contribution in [3.63, 3.8) is 0 Å². The molecule has 0 fully saturated rings. The molecular formula is C12H16ClF4NO. The van der Waals surface area contributed by atoms with Crippen molar-refractivity contribution in [2.75, 3.05) is 0 Å². The fourth-order valence-corrected chi connectivity index (χ4v) is 1.62. The van der Waals surface area contributed by atoms with Gasteiger partial charge in [0.2, 0.25) is 0 Å². The number of rotatable bonds is 3. The number of hydrogen-bond donors (Lipinski definition) is 2. The lowest BCUT2D eigenvalue weighted by atomic mass is 9.93. The minimum Gasteiger partial charge on any atom is -0.391 e. The number of hydrogen-bond acceptors (Lipinski definition) is 2. The summed E-state index contributed by atoms with van der Waals surface area (Å²) in [6, 6.07) is 1.69. The van der Waals surface area contributed by atoms with Crippen LogP contribution in [-0.2, 0) is 6.18 Å². The van der Waals surface area contributed by atoms with Gasteiger partial charge in [-0.05, 0) is 12.0 Å². The second-order valence-electron chi connectivity index (χ2n) is 4.47. The Morgan fingerprint density at radius 3 is 2.16 bits per heavy atom. The molecule has 0 saturated heterocycles. The number of alkyl halides is 3. The molecule has 0 radical (unpaired) electrons. The van der Waals surface area contributed by atoms with E-state index in [-0.39, 0.29) is 23.9 Å². The highest BCUT2D eigenvalue weighted by Crippen LogP contribution is 2.34. The van der Waals surface area contributed by atoms with E-state index in [0.717, 1.165) is 12.1 Å². The first-order chi connectivity index (χ1) is 8.16. The summed E-state index contributed by atoms with van der Waals surface area (Å²) < 4.78 is 51.3. The van der Waals surface area contributed by atoms with Crippen LogP contribution in [0.25, 0.3) is 0 Å². The molecule has 2 nitrogen and oxygen atoms in total. The van der Waals surface area contributed by atoms with Crippen molar-refractivity contribution >= 4 is 12.4 Å². The van der Waals surface area contributed by atoms with Crippen molar-refractivity contribution in [1.29, 1.82) is 0 Å². The zero-order valence-corrected chi connectivity index (χ0v) is 11.2. The predicted molar refractivity (Wildman–Crippen MR) is 66.4 cm³/mol. The standard InChI is InChI=1S/C12H15F4NO.ClH/c1-6(2)11(18)10(17)7-4-3-5-8(9(7)13)12(14,15)16;/h3-6,10-11,18H,17H2,1-2H3;1H/t10-,11+;/m0./s1. The topological polar surface area (TPSA) is 46.2 Å². The Morgan fingerprint density at radius 1 is 1.21 bits per heavy atom. The zero-order chi connectivity index (χ0) is 14.1. The molecule has 0 aromatic heterocycles. The molecule has 19 heavy (non-hydrogen) atoms. The summed E-state index contributed by atoms with van der Waals surface area (Å²) in [5.74, 6) is -1.70. The van der Waals surface area contributed by atoms with E-state index < -0.39 is 29.7 Å². The van der Waals surface area contributed by atoms with Gasteiger partial charge in [0.25, 0.3) is 0 Å². The lowest BCUT2D eigenvalue weighted by Crippen LogP contribution is -2.31. The highest BCUT2D eigenvalue weighted by Gasteiger charge is 2.36. The van der Waals surface area contributed by atoms with Crippen molar-refractivity contribution in [3.05, 3.63) is 35.1 Å². The second kappa shape index (κ2) is 6.54. The van der Waals surface area contributed by atoms with Gasteiger partial charge in [0.15, 0.2) is 0 Å². The molecule has 1 aromatic rings. The maximum Gasteiger partial charge on any atom is 0.419 e. The molecule has 0 spiro atoms. The van der Waals surface area contributed by atoms with Crippen LogP contribution in [0.1, 0.15) is 31.0 Å². The Bertz CT molecular complexity index is 423. The van der Waals surface area contributed by atoms with Gasteiger partial charge in [-0.3, -0.25) is 0 Å². The number of benzene rings is 1. The van der Waals surface area contributed by atoms with Crippen LogP contribution in [0.2, 0.25) is 0 Å². The fraction of sp³-hybridized carbons (Fsp3) is 0.500. The molecule has 0 unspecified atom stereocenters. The van der Waals surface area contributed by atoms with Crippen LogP contribution in [0, 0.1) is 11.7 Å². The van der Waals surface area contributed by atoms with E-state index in [9.17, 15) is 22.7 Å². The number of aliphatic hydroxyl groups excluding tert-OH is 1. The maximum atomic E-state index is 13.7. The molecule has 7 heteroatoms. The smallest absolute Gasteiger partial charge is 0.391 e. The first-order valence-corrected chi connectivity index (χ1v) is 5.45. The number of aliphatic hydroxyl groups is 1. The summed E-state index contributed by atoms with van der Waals surface area (Å²) in [5, 5.41) is 9.69. The lowest BCUT2D eigenvalue weighted by molar-refractivity contribution is -0.140. The van der Waals surface area contributed by atoms with Gasteiger partial charge in [0, 0.05) is 5.56 Å². The second-order valence-corrected chi connectivity index (χ2v) is 4.47. The Morgan fingerprint density at radius 2 is 1.74 bits per heavy atom. The average Bonchev–Trinajstić information content (AvgIpc) is 2.25. The molecule has 0 heterocycles. The third-order valence-electron chi connectivity index (χ3n) is 2.74. The highest BCUT2D eigenvalue weighted by atomic mass is 35.5. The Kier molecular flexibility index (Phi) is 6.25. The summed E-state index contributed by atoms with van der Waals surface area (Å²) >= 11 is 0. The van der Waals surface area contributed by atoms with Crippen LogP contribution in [0.15, 0.2) is 18.2 Å². The predicted octanol–water partition coefficient (Wildman–Crippen LogP) is 3.28. The minimum atomic E-state index is -4.78. The minimum absolute atomic E-state index is 0. The highest BCUT2D eigenvalue weighted by molar-refractivity contribution is 5.85. The Labute approximate surface area is 115 Å². The molecule has 0 bridgehead atoms. The van der Waals surface area contributed by atoms with Gasteiger partial charge in [0.1, 0.15) is 5.82 Å². The molecule has 0 amide bonds. The van der Waals surface area contributed by atoms with Crippen molar-refractivity contribution in [2.24, 2.45) is 11.7 Å². The summed E-state index contributed by atoms with van der Waals surface area (Å²) in [7, 11) is 0. The molecule has 0 aliphatic rings. The van der Waals surface area contributed by atoms with E-state index >= 15 is 0 Å². The Balaban J connectivity index is 0.00000324. The van der Waals surface area contributed by atoms with Gasteiger partial charge < -0.3 is 10.8 Å². The van der Waals surface area contributed by atoms with Crippen molar-refractivity contribution in [3.8, 4) is 0 Å². The largest absolute Gasteiger partial charge is 0.419 e. The number of nitrogens with two attached hydrogens (primary N) is 1. The first-order valence-electron chi connectivity index (χ1n) is 5.45. The zero-order valence-electron chi connectivity index (χ0n) is 10.4. The molecular weight excluding hydrogens is 286 g/mol. The summed E-state index contributed by atoms with van der Waals surface area (Å²) in [6.07, 6.45) is -5.88. The Hall–Kier alpha value is -0.850. The average molecular weight is 302 g/mol. The van der Waals surface area contributed by atoms with Crippen molar-refractivity contribution in [1.82, 2.24) is 0 Å². The molecule has 0 aliphatic carbocycles. The van der Waals surface area contributed by atoms with Crippen LogP contribution in [0.3, 0.4) is 0 Å². The van der Waals surface area contributed by atoms with Gasteiger partial charge in [-0.15, -0.1) is 12.4 Å². The van der Waals surface area contributed by atoms with Gasteiger partial charge in [0.05, 0.1) is 17.7 Å². The quantitative estimate of drug-likeness (QED) is 0.842. The third kappa shape index (κ3) is 4.06. The van der Waals surface area contributed by atoms with Crippen molar-refractivity contribution < 1.29 is 22.7 Å². The van der Waals surface area contributed by atoms with E-state index in [2.05, 4.69) is 0 Å². The SMILES string of the molecule is CC(C)[C@@H](O)[C@@H](N)c1cccc(C(F)(F)F)c1F.Cl. The first kappa shape index (κ1) is 18.1. The molecule has 0 saturated carbocycles. The van der Waals surface area contributed by atoms with Gasteiger partial charge in [-0.1, -0.05) is 26.0 Å². The van der Waals surface area contributed by atoms with Crippen LogP contribution in [-0.4, -0.2) is 11.2 Å². The molecule has 2 atom stereocenters. The van der Waals surface area contributed by atoms with Crippen molar-refractivity contribution in [2.45, 2.75) is 32.2 Å². The molecule has 0 aliphatic heterocycles. The monoisotopic (exact) mass is 301 g/mol. The van der Waals surface area contributed by atoms with Crippen LogP contribution in [0.5, 0.6) is 0 Å². The van der Waals surface area contributed by atoms with Gasteiger partial charge in [-0.25, -0.2) is 4.39 Å². The maximum absolute atomic E-state index is 13.7. The molecule has 1 aromatic carbocycles. The van der Waals surface area contributed by atoms with Crippen LogP contribution < -0.4 is 5.73 Å². The number of halogens is 5.